The molecule has 1 aromatic carbocycles. The van der Waals surface area contributed by atoms with E-state index in [9.17, 15) is 14.7 Å². The summed E-state index contributed by atoms with van der Waals surface area (Å²) >= 11 is 9.19. The van der Waals surface area contributed by atoms with Gasteiger partial charge in [0.05, 0.1) is 11.0 Å². The summed E-state index contributed by atoms with van der Waals surface area (Å²) in [6, 6.07) is 4.58. The molecule has 6 heteroatoms. The van der Waals surface area contributed by atoms with Crippen LogP contribution in [0, 0.1) is 5.41 Å². The number of nitrogens with one attached hydrogen (secondary N) is 1. The molecule has 1 aliphatic carbocycles. The second-order valence-corrected chi connectivity index (χ2v) is 6.56. The lowest BCUT2D eigenvalue weighted by atomic mass is 9.85. The van der Waals surface area contributed by atoms with E-state index in [-0.39, 0.29) is 11.9 Å². The zero-order valence-electron chi connectivity index (χ0n) is 11.0. The average Bonchev–Trinajstić information content (AvgIpc) is 2.75. The minimum absolute atomic E-state index is 0.307. The van der Waals surface area contributed by atoms with Crippen molar-refractivity contribution in [3.05, 3.63) is 33.3 Å². The maximum absolute atomic E-state index is 12.3. The minimum atomic E-state index is -0.902. The standard InChI is InChI=1S/C14H15BrClNO3/c1-14(13(19)20)6-2-3-11(14)17-12(18)9-7-8(16)4-5-10(9)15/h4-5,7,11H,2-3,6H2,1H3,(H,17,18)(H,19,20). The van der Waals surface area contributed by atoms with Gasteiger partial charge in [0.15, 0.2) is 0 Å². The zero-order valence-corrected chi connectivity index (χ0v) is 13.3. The van der Waals surface area contributed by atoms with Gasteiger partial charge in [0.1, 0.15) is 0 Å². The van der Waals surface area contributed by atoms with Gasteiger partial charge in [-0.25, -0.2) is 0 Å². The van der Waals surface area contributed by atoms with E-state index in [0.717, 1.165) is 6.42 Å². The summed E-state index contributed by atoms with van der Waals surface area (Å²) in [6.07, 6.45) is 2.04. The predicted octanol–water partition coefficient (Wildman–Crippen LogP) is 3.48. The van der Waals surface area contributed by atoms with Gasteiger partial charge < -0.3 is 10.4 Å². The van der Waals surface area contributed by atoms with E-state index in [1.54, 1.807) is 25.1 Å². The van der Waals surface area contributed by atoms with Crippen molar-refractivity contribution in [1.29, 1.82) is 0 Å². The molecule has 2 unspecified atom stereocenters. The van der Waals surface area contributed by atoms with E-state index >= 15 is 0 Å². The highest BCUT2D eigenvalue weighted by Gasteiger charge is 2.46. The van der Waals surface area contributed by atoms with E-state index in [1.165, 1.54) is 0 Å². The molecule has 20 heavy (non-hydrogen) atoms. The van der Waals surface area contributed by atoms with E-state index in [1.807, 2.05) is 0 Å². The second-order valence-electron chi connectivity index (χ2n) is 5.27. The molecule has 2 rings (SSSR count). The van der Waals surface area contributed by atoms with Crippen molar-refractivity contribution in [3.8, 4) is 0 Å². The van der Waals surface area contributed by atoms with E-state index in [2.05, 4.69) is 21.2 Å². The molecule has 0 aromatic heterocycles. The molecule has 108 valence electrons. The van der Waals surface area contributed by atoms with Crippen LogP contribution in [0.1, 0.15) is 36.5 Å². The van der Waals surface area contributed by atoms with Crippen LogP contribution in [0.25, 0.3) is 0 Å². The van der Waals surface area contributed by atoms with E-state index in [4.69, 9.17) is 11.6 Å². The molecule has 1 saturated carbocycles. The summed E-state index contributed by atoms with van der Waals surface area (Å²) in [5.41, 5.74) is -0.488. The molecule has 2 atom stereocenters. The van der Waals surface area contributed by atoms with Gasteiger partial charge in [-0.3, -0.25) is 9.59 Å². The first-order valence-corrected chi connectivity index (χ1v) is 7.51. The highest BCUT2D eigenvalue weighted by molar-refractivity contribution is 9.10. The molecule has 0 heterocycles. The smallest absolute Gasteiger partial charge is 0.311 e. The van der Waals surface area contributed by atoms with Crippen LogP contribution in [-0.4, -0.2) is 23.0 Å². The first kappa shape index (κ1) is 15.3. The Labute approximate surface area is 130 Å². The van der Waals surface area contributed by atoms with Crippen molar-refractivity contribution in [2.75, 3.05) is 0 Å². The Morgan fingerprint density at radius 2 is 2.20 bits per heavy atom. The lowest BCUT2D eigenvalue weighted by Gasteiger charge is -2.27. The summed E-state index contributed by atoms with van der Waals surface area (Å²) in [7, 11) is 0. The van der Waals surface area contributed by atoms with Crippen molar-refractivity contribution in [1.82, 2.24) is 5.32 Å². The van der Waals surface area contributed by atoms with E-state index in [0.29, 0.717) is 27.9 Å². The number of carbonyl (C=O) groups is 2. The first-order valence-electron chi connectivity index (χ1n) is 6.34. The molecular weight excluding hydrogens is 346 g/mol. The molecule has 1 fully saturated rings. The van der Waals surface area contributed by atoms with Crippen molar-refractivity contribution in [2.45, 2.75) is 32.2 Å². The quantitative estimate of drug-likeness (QED) is 0.867. The Morgan fingerprint density at radius 1 is 1.50 bits per heavy atom. The summed E-state index contributed by atoms with van der Waals surface area (Å²) in [4.78, 5) is 23.7. The normalized spacial score (nSPS) is 25.4. The molecule has 0 radical (unpaired) electrons. The number of rotatable bonds is 3. The highest BCUT2D eigenvalue weighted by atomic mass is 79.9. The fourth-order valence-corrected chi connectivity index (χ4v) is 3.16. The monoisotopic (exact) mass is 359 g/mol. The third-order valence-electron chi connectivity index (χ3n) is 3.92. The lowest BCUT2D eigenvalue weighted by Crippen LogP contribution is -2.47. The fraction of sp³-hybridized carbons (Fsp3) is 0.429. The van der Waals surface area contributed by atoms with Gasteiger partial charge in [-0.1, -0.05) is 18.0 Å². The molecule has 1 amide bonds. The largest absolute Gasteiger partial charge is 0.481 e. The fourth-order valence-electron chi connectivity index (χ4n) is 2.56. The summed E-state index contributed by atoms with van der Waals surface area (Å²) in [5, 5.41) is 12.6. The third-order valence-corrected chi connectivity index (χ3v) is 4.85. The van der Waals surface area contributed by atoms with Crippen molar-refractivity contribution in [3.63, 3.8) is 0 Å². The summed E-state index contributed by atoms with van der Waals surface area (Å²) in [6.45, 7) is 1.68. The number of carboxylic acid groups (broad SMARTS) is 1. The van der Waals surface area contributed by atoms with Crippen LogP contribution in [0.3, 0.4) is 0 Å². The van der Waals surface area contributed by atoms with Crippen LogP contribution in [0.5, 0.6) is 0 Å². The Morgan fingerprint density at radius 3 is 2.85 bits per heavy atom. The molecule has 1 aliphatic rings. The SMILES string of the molecule is CC1(C(=O)O)CCCC1NC(=O)c1cc(Cl)ccc1Br. The van der Waals surface area contributed by atoms with Gasteiger partial charge in [-0.05, 0) is 53.9 Å². The predicted molar refractivity (Wildman–Crippen MR) is 80.0 cm³/mol. The summed E-state index contributed by atoms with van der Waals surface area (Å²) in [5.74, 6) is -1.18. The van der Waals surface area contributed by atoms with Crippen LogP contribution in [0.15, 0.2) is 22.7 Å². The minimum Gasteiger partial charge on any atom is -0.481 e. The van der Waals surface area contributed by atoms with E-state index < -0.39 is 11.4 Å². The van der Waals surface area contributed by atoms with Gasteiger partial charge in [0.2, 0.25) is 0 Å². The molecular formula is C14H15BrClNO3. The highest BCUT2D eigenvalue weighted by Crippen LogP contribution is 2.38. The van der Waals surface area contributed by atoms with Crippen molar-refractivity contribution < 1.29 is 14.7 Å². The van der Waals surface area contributed by atoms with Crippen LogP contribution in [-0.2, 0) is 4.79 Å². The van der Waals surface area contributed by atoms with Crippen LogP contribution < -0.4 is 5.32 Å². The number of benzene rings is 1. The molecule has 4 nitrogen and oxygen atoms in total. The molecule has 0 saturated heterocycles. The van der Waals surface area contributed by atoms with Crippen molar-refractivity contribution in [2.24, 2.45) is 5.41 Å². The zero-order chi connectivity index (χ0) is 14.9. The Kier molecular flexibility index (Phi) is 4.39. The maximum Gasteiger partial charge on any atom is 0.311 e. The van der Waals surface area contributed by atoms with Crippen LogP contribution in [0.2, 0.25) is 5.02 Å². The topological polar surface area (TPSA) is 66.4 Å². The average molecular weight is 361 g/mol. The molecule has 1 aromatic rings. The third kappa shape index (κ3) is 2.83. The number of hydrogen-bond acceptors (Lipinski definition) is 2. The number of halogens is 2. The number of amides is 1. The van der Waals surface area contributed by atoms with Gasteiger partial charge in [-0.15, -0.1) is 0 Å². The van der Waals surface area contributed by atoms with Gasteiger partial charge in [0, 0.05) is 15.5 Å². The first-order chi connectivity index (χ1) is 9.34. The Hall–Kier alpha value is -1.07. The maximum atomic E-state index is 12.3. The van der Waals surface area contributed by atoms with Gasteiger partial charge in [-0.2, -0.15) is 0 Å². The van der Waals surface area contributed by atoms with Gasteiger partial charge in [0.25, 0.3) is 5.91 Å². The molecule has 0 aliphatic heterocycles. The second kappa shape index (κ2) is 5.74. The number of hydrogen-bond donors (Lipinski definition) is 2. The Bertz CT molecular complexity index is 563. The summed E-state index contributed by atoms with van der Waals surface area (Å²) < 4.78 is 0.634. The number of carboxylic acids is 1. The van der Waals surface area contributed by atoms with Crippen LogP contribution >= 0.6 is 27.5 Å². The van der Waals surface area contributed by atoms with Crippen molar-refractivity contribution >= 4 is 39.4 Å². The Balaban J connectivity index is 2.19. The molecule has 0 spiro atoms. The lowest BCUT2D eigenvalue weighted by molar-refractivity contribution is -0.148. The number of carbonyl (C=O) groups excluding carboxylic acids is 1. The van der Waals surface area contributed by atoms with Crippen LogP contribution in [0.4, 0.5) is 0 Å². The molecule has 2 N–H and O–H groups in total. The molecule has 0 bridgehead atoms. The number of aliphatic carboxylic acids is 1. The van der Waals surface area contributed by atoms with Gasteiger partial charge >= 0.3 is 5.97 Å².